The highest BCUT2D eigenvalue weighted by atomic mass is 19.4. The van der Waals surface area contributed by atoms with Crippen molar-refractivity contribution in [1.82, 2.24) is 5.32 Å². The van der Waals surface area contributed by atoms with Gasteiger partial charge < -0.3 is 20.3 Å². The summed E-state index contributed by atoms with van der Waals surface area (Å²) in [5.74, 6) is -12.0. The molecule has 0 aliphatic carbocycles. The lowest BCUT2D eigenvalue weighted by molar-refractivity contribution is -0.386. The molecule has 0 aliphatic rings. The minimum atomic E-state index is -6.02. The highest BCUT2D eigenvalue weighted by molar-refractivity contribution is 6.09. The van der Waals surface area contributed by atoms with E-state index in [1.165, 1.54) is 0 Å². The Bertz CT molecular complexity index is 902. The van der Waals surface area contributed by atoms with Crippen LogP contribution < -0.4 is 10.1 Å². The topological polar surface area (TPSA) is 156 Å². The summed E-state index contributed by atoms with van der Waals surface area (Å²) in [6.07, 6.45) is -5.95. The summed E-state index contributed by atoms with van der Waals surface area (Å²) in [4.78, 5) is 44.9. The molecule has 0 spiro atoms. The van der Waals surface area contributed by atoms with Crippen molar-refractivity contribution in [2.24, 2.45) is 0 Å². The highest BCUT2D eigenvalue weighted by Crippen LogP contribution is 2.37. The summed E-state index contributed by atoms with van der Waals surface area (Å²) in [7, 11) is 0. The number of hydrogen-bond donors (Lipinski definition) is 3. The number of carbonyl (C=O) groups excluding carboxylic acids is 1. The number of nitrogens with zero attached hydrogens (tertiary/aromatic N) is 1. The third-order valence-corrected chi connectivity index (χ3v) is 3.75. The Labute approximate surface area is 169 Å². The first-order valence-electron chi connectivity index (χ1n) is 7.85. The number of carboxylic acid groups (broad SMARTS) is 2. The average Bonchev–Trinajstić information content (AvgIpc) is 2.64. The quantitative estimate of drug-likeness (QED) is 0.159. The van der Waals surface area contributed by atoms with E-state index in [4.69, 9.17) is 0 Å². The van der Waals surface area contributed by atoms with E-state index in [-0.39, 0.29) is 0 Å². The molecule has 1 amide bonds. The Morgan fingerprint density at radius 3 is 2.13 bits per heavy atom. The van der Waals surface area contributed by atoms with Crippen molar-refractivity contribution in [2.45, 2.75) is 24.1 Å². The van der Waals surface area contributed by atoms with E-state index >= 15 is 0 Å². The Balaban J connectivity index is 3.33. The molecule has 0 saturated carbocycles. The molecule has 0 heterocycles. The predicted molar refractivity (Wildman–Crippen MR) is 89.9 cm³/mol. The molecular formula is C16H13F5N2O8. The van der Waals surface area contributed by atoms with E-state index in [9.17, 15) is 56.7 Å². The van der Waals surface area contributed by atoms with Crippen molar-refractivity contribution < 1.29 is 56.2 Å². The maximum atomic E-state index is 13.1. The van der Waals surface area contributed by atoms with Crippen molar-refractivity contribution in [1.29, 1.82) is 0 Å². The maximum absolute atomic E-state index is 13.1. The number of hydrogen-bond acceptors (Lipinski definition) is 6. The van der Waals surface area contributed by atoms with Crippen molar-refractivity contribution in [3.8, 4) is 5.75 Å². The molecule has 0 aromatic heterocycles. The minimum absolute atomic E-state index is 0.391. The summed E-state index contributed by atoms with van der Waals surface area (Å²) in [6, 6.07) is 1.60. The zero-order valence-corrected chi connectivity index (χ0v) is 15.1. The van der Waals surface area contributed by atoms with E-state index in [0.29, 0.717) is 18.2 Å². The van der Waals surface area contributed by atoms with Crippen LogP contribution in [-0.2, 0) is 9.59 Å². The van der Waals surface area contributed by atoms with Gasteiger partial charge in [0.15, 0.2) is 12.4 Å². The minimum Gasteiger partial charge on any atom is -0.480 e. The molecule has 1 rings (SSSR count). The van der Waals surface area contributed by atoms with Crippen LogP contribution in [0.15, 0.2) is 30.9 Å². The number of rotatable bonds is 10. The fourth-order valence-corrected chi connectivity index (χ4v) is 2.08. The number of benzene rings is 1. The lowest BCUT2D eigenvalue weighted by atomic mass is 9.94. The molecule has 0 bridgehead atoms. The fraction of sp³-hybridized carbons (Fsp3) is 0.312. The van der Waals surface area contributed by atoms with Gasteiger partial charge in [0.2, 0.25) is 5.54 Å². The van der Waals surface area contributed by atoms with Crippen LogP contribution in [-0.4, -0.2) is 57.2 Å². The first kappa shape index (κ1) is 25.3. The van der Waals surface area contributed by atoms with Crippen LogP contribution in [0.3, 0.4) is 0 Å². The predicted octanol–water partition coefficient (Wildman–Crippen LogP) is 2.39. The first-order chi connectivity index (χ1) is 14.1. The normalized spacial score (nSPS) is 12.0. The van der Waals surface area contributed by atoms with E-state index in [1.54, 1.807) is 5.32 Å². The van der Waals surface area contributed by atoms with Crippen LogP contribution in [0.25, 0.3) is 0 Å². The molecule has 0 unspecified atom stereocenters. The van der Waals surface area contributed by atoms with Crippen molar-refractivity contribution in [3.63, 3.8) is 0 Å². The molecule has 31 heavy (non-hydrogen) atoms. The number of aliphatic carboxylic acids is 2. The summed E-state index contributed by atoms with van der Waals surface area (Å²) in [6.45, 7) is 0.813. The monoisotopic (exact) mass is 456 g/mol. The van der Waals surface area contributed by atoms with Gasteiger partial charge in [-0.15, -0.1) is 6.58 Å². The molecule has 1 aromatic carbocycles. The summed E-state index contributed by atoms with van der Waals surface area (Å²) in [5.41, 5.74) is -4.69. The van der Waals surface area contributed by atoms with Crippen LogP contribution in [0.4, 0.5) is 27.6 Å². The molecule has 3 N–H and O–H groups in total. The number of amides is 1. The Kier molecular flexibility index (Phi) is 7.27. The van der Waals surface area contributed by atoms with Gasteiger partial charge in [-0.2, -0.15) is 22.0 Å². The van der Waals surface area contributed by atoms with E-state index in [0.717, 1.165) is 6.08 Å². The van der Waals surface area contributed by atoms with E-state index in [2.05, 4.69) is 11.3 Å². The second-order valence-corrected chi connectivity index (χ2v) is 5.89. The molecule has 10 nitrogen and oxygen atoms in total. The molecule has 0 saturated heterocycles. The second-order valence-electron chi connectivity index (χ2n) is 5.89. The number of carboxylic acids is 2. The number of ether oxygens (including phenoxy) is 1. The molecule has 170 valence electrons. The molecule has 0 aliphatic heterocycles. The number of halogens is 5. The Morgan fingerprint density at radius 2 is 1.71 bits per heavy atom. The van der Waals surface area contributed by atoms with Gasteiger partial charge in [-0.1, -0.05) is 6.08 Å². The van der Waals surface area contributed by atoms with E-state index < -0.39 is 70.4 Å². The smallest absolute Gasteiger partial charge is 0.456 e. The zero-order chi connectivity index (χ0) is 24.2. The third kappa shape index (κ3) is 5.43. The fourth-order valence-electron chi connectivity index (χ4n) is 2.08. The van der Waals surface area contributed by atoms with Crippen LogP contribution in [0, 0.1) is 10.1 Å². The highest BCUT2D eigenvalue weighted by Gasteiger charge is 2.58. The number of alkyl halides is 5. The van der Waals surface area contributed by atoms with Crippen molar-refractivity contribution in [3.05, 3.63) is 46.5 Å². The number of nitro groups is 1. The van der Waals surface area contributed by atoms with Gasteiger partial charge in [-0.3, -0.25) is 14.9 Å². The van der Waals surface area contributed by atoms with Gasteiger partial charge in [0.1, 0.15) is 0 Å². The van der Waals surface area contributed by atoms with Crippen LogP contribution in [0.2, 0.25) is 0 Å². The maximum Gasteiger partial charge on any atom is 0.456 e. The van der Waals surface area contributed by atoms with Gasteiger partial charge >= 0.3 is 29.7 Å². The second kappa shape index (κ2) is 8.93. The number of carbonyl (C=O) groups is 3. The van der Waals surface area contributed by atoms with Crippen LogP contribution in [0.5, 0.6) is 5.75 Å². The number of nitro benzene ring substituents is 1. The Morgan fingerprint density at radius 1 is 1.16 bits per heavy atom. The van der Waals surface area contributed by atoms with Gasteiger partial charge in [0, 0.05) is 24.1 Å². The summed E-state index contributed by atoms with van der Waals surface area (Å²) < 4.78 is 67.1. The molecule has 1 aromatic rings. The number of nitrogens with one attached hydrogen (secondary N) is 1. The molecule has 0 radical (unpaired) electrons. The standard InChI is InChI=1S/C16H13F5N2O8/c1-2-5-14(12(25)26,13(27)28)22-11(24)8-3-4-9(23(29)30)10(6-8)31-7-15(17,18)16(19,20)21/h2-4,6H,1,5,7H2,(H,22,24)(H,25,26)(H,27,28). The summed E-state index contributed by atoms with van der Waals surface area (Å²) in [5, 5.41) is 31.0. The molecule has 15 heteroatoms. The van der Waals surface area contributed by atoms with Gasteiger partial charge in [0.25, 0.3) is 5.91 Å². The van der Waals surface area contributed by atoms with Crippen molar-refractivity contribution >= 4 is 23.5 Å². The van der Waals surface area contributed by atoms with Crippen LogP contribution in [0.1, 0.15) is 16.8 Å². The van der Waals surface area contributed by atoms with Crippen LogP contribution >= 0.6 is 0 Å². The molecule has 0 atom stereocenters. The van der Waals surface area contributed by atoms with E-state index in [1.807, 2.05) is 0 Å². The molecule has 0 fully saturated rings. The largest absolute Gasteiger partial charge is 0.480 e. The third-order valence-electron chi connectivity index (χ3n) is 3.75. The molecular weight excluding hydrogens is 443 g/mol. The van der Waals surface area contributed by atoms with Gasteiger partial charge in [-0.05, 0) is 6.07 Å². The van der Waals surface area contributed by atoms with Gasteiger partial charge in [0.05, 0.1) is 4.92 Å². The Hall–Kier alpha value is -3.78. The lowest BCUT2D eigenvalue weighted by Crippen LogP contribution is -2.59. The SMILES string of the molecule is C=CCC(NC(=O)c1ccc([N+](=O)[O-])c(OCC(F)(F)C(F)(F)F)c1)(C(=O)O)C(=O)O. The van der Waals surface area contributed by atoms with Gasteiger partial charge in [-0.25, -0.2) is 9.59 Å². The zero-order valence-electron chi connectivity index (χ0n) is 15.1. The summed E-state index contributed by atoms with van der Waals surface area (Å²) >= 11 is 0. The first-order valence-corrected chi connectivity index (χ1v) is 7.85. The average molecular weight is 456 g/mol. The van der Waals surface area contributed by atoms with Crippen molar-refractivity contribution in [2.75, 3.05) is 6.61 Å². The lowest BCUT2D eigenvalue weighted by Gasteiger charge is -2.25.